The van der Waals surface area contributed by atoms with Gasteiger partial charge in [0.05, 0.1) is 6.54 Å². The SMILES string of the molecule is O=C(C=CN1CCCC1)CN1CCCC1=O. The summed E-state index contributed by atoms with van der Waals surface area (Å²) in [6, 6.07) is 0. The molecule has 0 radical (unpaired) electrons. The quantitative estimate of drug-likeness (QED) is 0.660. The maximum atomic E-state index is 11.6. The minimum Gasteiger partial charge on any atom is -0.377 e. The molecule has 1 amide bonds. The molecule has 2 heterocycles. The van der Waals surface area contributed by atoms with Crippen molar-refractivity contribution in [3.8, 4) is 0 Å². The molecule has 2 rings (SSSR count). The number of amides is 1. The molecule has 16 heavy (non-hydrogen) atoms. The van der Waals surface area contributed by atoms with E-state index < -0.39 is 0 Å². The lowest BCUT2D eigenvalue weighted by Crippen LogP contribution is -2.30. The topological polar surface area (TPSA) is 40.6 Å². The number of nitrogens with zero attached hydrogens (tertiary/aromatic N) is 2. The minimum absolute atomic E-state index is 0.0298. The molecule has 0 saturated carbocycles. The van der Waals surface area contributed by atoms with Crippen LogP contribution in [0.3, 0.4) is 0 Å². The van der Waals surface area contributed by atoms with Crippen LogP contribution in [0.5, 0.6) is 0 Å². The van der Waals surface area contributed by atoms with Gasteiger partial charge in [0.15, 0.2) is 5.78 Å². The molecule has 0 atom stereocenters. The summed E-state index contributed by atoms with van der Waals surface area (Å²) in [6.45, 7) is 3.09. The highest BCUT2D eigenvalue weighted by Gasteiger charge is 2.21. The fourth-order valence-electron chi connectivity index (χ4n) is 2.19. The van der Waals surface area contributed by atoms with Gasteiger partial charge in [-0.3, -0.25) is 9.59 Å². The van der Waals surface area contributed by atoms with Crippen molar-refractivity contribution in [1.82, 2.24) is 9.80 Å². The predicted octanol–water partition coefficient (Wildman–Crippen LogP) is 0.787. The largest absolute Gasteiger partial charge is 0.377 e. The standard InChI is InChI=1S/C12H18N2O2/c15-11(5-9-13-6-1-2-7-13)10-14-8-3-4-12(14)16/h5,9H,1-4,6-8,10H2. The Balaban J connectivity index is 1.77. The zero-order valence-electron chi connectivity index (χ0n) is 9.52. The van der Waals surface area contributed by atoms with Crippen LogP contribution < -0.4 is 0 Å². The van der Waals surface area contributed by atoms with Crippen LogP contribution in [-0.4, -0.2) is 47.7 Å². The Labute approximate surface area is 95.9 Å². The first-order valence-corrected chi connectivity index (χ1v) is 5.98. The van der Waals surface area contributed by atoms with E-state index in [9.17, 15) is 9.59 Å². The second-order valence-corrected chi connectivity index (χ2v) is 4.44. The van der Waals surface area contributed by atoms with Crippen molar-refractivity contribution in [2.45, 2.75) is 25.7 Å². The van der Waals surface area contributed by atoms with Crippen molar-refractivity contribution in [3.63, 3.8) is 0 Å². The Bertz CT molecular complexity index is 306. The van der Waals surface area contributed by atoms with Gasteiger partial charge in [0.1, 0.15) is 0 Å². The highest BCUT2D eigenvalue weighted by Crippen LogP contribution is 2.10. The maximum Gasteiger partial charge on any atom is 0.223 e. The number of rotatable bonds is 4. The van der Waals surface area contributed by atoms with Gasteiger partial charge in [-0.05, 0) is 25.3 Å². The molecule has 0 aromatic carbocycles. The molecule has 0 unspecified atom stereocenters. The van der Waals surface area contributed by atoms with Crippen LogP contribution in [0.2, 0.25) is 0 Å². The van der Waals surface area contributed by atoms with Gasteiger partial charge in [0.25, 0.3) is 0 Å². The Morgan fingerprint density at radius 3 is 2.56 bits per heavy atom. The first-order chi connectivity index (χ1) is 7.75. The molecule has 4 heteroatoms. The van der Waals surface area contributed by atoms with Crippen LogP contribution in [0.15, 0.2) is 12.3 Å². The summed E-state index contributed by atoms with van der Waals surface area (Å²) in [5.74, 6) is 0.144. The van der Waals surface area contributed by atoms with Crippen molar-refractivity contribution in [1.29, 1.82) is 0 Å². The van der Waals surface area contributed by atoms with Crippen molar-refractivity contribution in [2.24, 2.45) is 0 Å². The number of hydrogen-bond acceptors (Lipinski definition) is 3. The first kappa shape index (κ1) is 11.2. The van der Waals surface area contributed by atoms with Crippen molar-refractivity contribution in [3.05, 3.63) is 12.3 Å². The lowest BCUT2D eigenvalue weighted by atomic mass is 10.3. The summed E-state index contributed by atoms with van der Waals surface area (Å²) in [7, 11) is 0. The van der Waals surface area contributed by atoms with E-state index in [0.717, 1.165) is 26.1 Å². The maximum absolute atomic E-state index is 11.6. The Morgan fingerprint density at radius 1 is 1.19 bits per heavy atom. The fraction of sp³-hybridized carbons (Fsp3) is 0.667. The number of hydrogen-bond donors (Lipinski definition) is 0. The van der Waals surface area contributed by atoms with Gasteiger partial charge < -0.3 is 9.80 Å². The van der Waals surface area contributed by atoms with E-state index in [-0.39, 0.29) is 18.2 Å². The van der Waals surface area contributed by atoms with Crippen LogP contribution in [0.4, 0.5) is 0 Å². The highest BCUT2D eigenvalue weighted by atomic mass is 16.2. The molecule has 88 valence electrons. The average molecular weight is 222 g/mol. The molecule has 0 aromatic rings. The molecule has 0 aromatic heterocycles. The van der Waals surface area contributed by atoms with Crippen molar-refractivity contribution >= 4 is 11.7 Å². The molecule has 0 N–H and O–H groups in total. The third-order valence-electron chi connectivity index (χ3n) is 3.13. The molecule has 2 fully saturated rings. The third-order valence-corrected chi connectivity index (χ3v) is 3.13. The van der Waals surface area contributed by atoms with Crippen LogP contribution in [0.25, 0.3) is 0 Å². The fourth-order valence-corrected chi connectivity index (χ4v) is 2.19. The second kappa shape index (κ2) is 5.14. The van der Waals surface area contributed by atoms with Gasteiger partial charge in [-0.15, -0.1) is 0 Å². The van der Waals surface area contributed by atoms with Gasteiger partial charge in [0.2, 0.25) is 5.91 Å². The normalized spacial score (nSPS) is 21.4. The number of carbonyl (C=O) groups excluding carboxylic acids is 2. The van der Waals surface area contributed by atoms with E-state index in [1.165, 1.54) is 12.8 Å². The summed E-state index contributed by atoms with van der Waals surface area (Å²) >= 11 is 0. The smallest absolute Gasteiger partial charge is 0.223 e. The Morgan fingerprint density at radius 2 is 1.94 bits per heavy atom. The van der Waals surface area contributed by atoms with Crippen molar-refractivity contribution < 1.29 is 9.59 Å². The summed E-state index contributed by atoms with van der Waals surface area (Å²) in [6.07, 6.45) is 7.39. The van der Waals surface area contributed by atoms with E-state index in [1.807, 2.05) is 6.20 Å². The minimum atomic E-state index is 0.0298. The van der Waals surface area contributed by atoms with E-state index in [2.05, 4.69) is 4.90 Å². The van der Waals surface area contributed by atoms with Gasteiger partial charge in [-0.2, -0.15) is 0 Å². The summed E-state index contributed by atoms with van der Waals surface area (Å²) in [5, 5.41) is 0. The van der Waals surface area contributed by atoms with Gasteiger partial charge in [-0.1, -0.05) is 0 Å². The summed E-state index contributed by atoms with van der Waals surface area (Å²) < 4.78 is 0. The monoisotopic (exact) mass is 222 g/mol. The zero-order valence-corrected chi connectivity index (χ0v) is 9.52. The van der Waals surface area contributed by atoms with Crippen LogP contribution >= 0.6 is 0 Å². The van der Waals surface area contributed by atoms with Crippen molar-refractivity contribution in [2.75, 3.05) is 26.2 Å². The molecule has 0 aliphatic carbocycles. The molecular formula is C12H18N2O2. The van der Waals surface area contributed by atoms with E-state index in [1.54, 1.807) is 11.0 Å². The zero-order chi connectivity index (χ0) is 11.4. The van der Waals surface area contributed by atoms with Crippen LogP contribution in [0, 0.1) is 0 Å². The Hall–Kier alpha value is -1.32. The van der Waals surface area contributed by atoms with E-state index >= 15 is 0 Å². The average Bonchev–Trinajstić information content (AvgIpc) is 2.88. The molecule has 4 nitrogen and oxygen atoms in total. The van der Waals surface area contributed by atoms with E-state index in [4.69, 9.17) is 0 Å². The predicted molar refractivity (Wildman–Crippen MR) is 60.8 cm³/mol. The van der Waals surface area contributed by atoms with Gasteiger partial charge in [0, 0.05) is 32.3 Å². The number of likely N-dealkylation sites (tertiary alicyclic amines) is 2. The van der Waals surface area contributed by atoms with Crippen LogP contribution in [0.1, 0.15) is 25.7 Å². The lowest BCUT2D eigenvalue weighted by Gasteiger charge is -2.13. The molecular weight excluding hydrogens is 204 g/mol. The molecule has 2 aliphatic rings. The second-order valence-electron chi connectivity index (χ2n) is 4.44. The van der Waals surface area contributed by atoms with Crippen LogP contribution in [-0.2, 0) is 9.59 Å². The summed E-state index contributed by atoms with van der Waals surface area (Å²) in [4.78, 5) is 26.7. The van der Waals surface area contributed by atoms with Gasteiger partial charge >= 0.3 is 0 Å². The van der Waals surface area contributed by atoms with Gasteiger partial charge in [-0.25, -0.2) is 0 Å². The third kappa shape index (κ3) is 2.84. The molecule has 0 spiro atoms. The Kier molecular flexibility index (Phi) is 3.59. The lowest BCUT2D eigenvalue weighted by molar-refractivity contribution is -0.131. The number of carbonyl (C=O) groups is 2. The molecule has 0 bridgehead atoms. The highest BCUT2D eigenvalue weighted by molar-refractivity contribution is 5.94. The molecule has 2 aliphatic heterocycles. The van der Waals surface area contributed by atoms with E-state index in [0.29, 0.717) is 6.42 Å². The first-order valence-electron chi connectivity index (χ1n) is 5.98. The summed E-state index contributed by atoms with van der Waals surface area (Å²) in [5.41, 5.74) is 0. The molecule has 2 saturated heterocycles. The number of ketones is 1.